The predicted octanol–water partition coefficient (Wildman–Crippen LogP) is 1.04. The molecule has 1 aromatic heterocycles. The van der Waals surface area contributed by atoms with E-state index in [0.29, 0.717) is 19.6 Å². The molecule has 0 radical (unpaired) electrons. The Bertz CT molecular complexity index is 783. The zero-order valence-electron chi connectivity index (χ0n) is 14.2. The number of methoxy groups -OCH3 is 1. The first-order valence-corrected chi connectivity index (χ1v) is 8.03. The highest BCUT2D eigenvalue weighted by Gasteiger charge is 2.32. The number of imidazole rings is 1. The minimum atomic E-state index is -0.526. The van der Waals surface area contributed by atoms with E-state index in [1.807, 2.05) is 11.0 Å². The van der Waals surface area contributed by atoms with Crippen molar-refractivity contribution in [3.63, 3.8) is 0 Å². The van der Waals surface area contributed by atoms with Crippen LogP contribution in [-0.4, -0.2) is 53.0 Å². The lowest BCUT2D eigenvalue weighted by molar-refractivity contribution is -0.146. The lowest BCUT2D eigenvalue weighted by Crippen LogP contribution is -2.55. The second-order valence-corrected chi connectivity index (χ2v) is 6.14. The number of amides is 1. The number of ether oxygens (including phenoxy) is 1. The average Bonchev–Trinajstić information content (AvgIpc) is 2.97. The molecule has 7 nitrogen and oxygen atoms in total. The summed E-state index contributed by atoms with van der Waals surface area (Å²) in [5, 5.41) is 2.80. The van der Waals surface area contributed by atoms with Gasteiger partial charge in [0.1, 0.15) is 11.9 Å². The van der Waals surface area contributed by atoms with Crippen LogP contribution in [0.1, 0.15) is 23.4 Å². The molecule has 1 fully saturated rings. The average molecular weight is 330 g/mol. The number of esters is 1. The molecular formula is C17H22N4O3. The first-order valence-electron chi connectivity index (χ1n) is 8.03. The van der Waals surface area contributed by atoms with Gasteiger partial charge in [0.25, 0.3) is 0 Å². The SMILES string of the molecule is COC(=O)C[C@@H]1C(=O)NCCN1Cc1nc2c(C)c(C)ccc2[nH]1. The van der Waals surface area contributed by atoms with Crippen LogP contribution in [0.5, 0.6) is 0 Å². The monoisotopic (exact) mass is 330 g/mol. The number of benzene rings is 1. The Labute approximate surface area is 140 Å². The van der Waals surface area contributed by atoms with E-state index < -0.39 is 12.0 Å². The summed E-state index contributed by atoms with van der Waals surface area (Å²) in [6, 6.07) is 3.55. The summed E-state index contributed by atoms with van der Waals surface area (Å²) in [5.74, 6) is 0.260. The van der Waals surface area contributed by atoms with Gasteiger partial charge in [-0.2, -0.15) is 0 Å². The van der Waals surface area contributed by atoms with Gasteiger partial charge < -0.3 is 15.0 Å². The lowest BCUT2D eigenvalue weighted by atomic mass is 10.1. The minimum absolute atomic E-state index is 0.0424. The van der Waals surface area contributed by atoms with Crippen LogP contribution >= 0.6 is 0 Å². The molecule has 1 amide bonds. The van der Waals surface area contributed by atoms with E-state index in [-0.39, 0.29) is 12.3 Å². The van der Waals surface area contributed by atoms with Crippen molar-refractivity contribution in [2.45, 2.75) is 32.9 Å². The van der Waals surface area contributed by atoms with Gasteiger partial charge >= 0.3 is 5.97 Å². The van der Waals surface area contributed by atoms with Gasteiger partial charge in [-0.15, -0.1) is 0 Å². The van der Waals surface area contributed by atoms with Gasteiger partial charge in [0.2, 0.25) is 5.91 Å². The number of hydrogen-bond acceptors (Lipinski definition) is 5. The number of aromatic amines is 1. The van der Waals surface area contributed by atoms with E-state index >= 15 is 0 Å². The van der Waals surface area contributed by atoms with E-state index in [4.69, 9.17) is 4.74 Å². The second kappa shape index (κ2) is 6.60. The number of piperazine rings is 1. The van der Waals surface area contributed by atoms with Gasteiger partial charge in [-0.25, -0.2) is 4.98 Å². The fourth-order valence-corrected chi connectivity index (χ4v) is 3.05. The van der Waals surface area contributed by atoms with Crippen LogP contribution < -0.4 is 5.32 Å². The zero-order chi connectivity index (χ0) is 17.3. The summed E-state index contributed by atoms with van der Waals surface area (Å²) in [6.45, 7) is 5.83. The van der Waals surface area contributed by atoms with Crippen LogP contribution in [-0.2, 0) is 20.9 Å². The number of H-pyrrole nitrogens is 1. The molecule has 1 aliphatic rings. The van der Waals surface area contributed by atoms with Crippen LogP contribution in [0.2, 0.25) is 0 Å². The second-order valence-electron chi connectivity index (χ2n) is 6.14. The molecule has 2 heterocycles. The first-order chi connectivity index (χ1) is 11.5. The van der Waals surface area contributed by atoms with Crippen LogP contribution in [0, 0.1) is 13.8 Å². The van der Waals surface area contributed by atoms with E-state index in [0.717, 1.165) is 22.4 Å². The molecule has 1 saturated heterocycles. The third-order valence-electron chi connectivity index (χ3n) is 4.61. The van der Waals surface area contributed by atoms with Crippen molar-refractivity contribution >= 4 is 22.9 Å². The summed E-state index contributed by atoms with van der Waals surface area (Å²) in [6.07, 6.45) is 0.0424. The molecule has 0 unspecified atom stereocenters. The maximum absolute atomic E-state index is 12.1. The first kappa shape index (κ1) is 16.4. The molecule has 0 saturated carbocycles. The molecule has 1 atom stereocenters. The van der Waals surface area contributed by atoms with Gasteiger partial charge in [-0.1, -0.05) is 6.07 Å². The van der Waals surface area contributed by atoms with Crippen LogP contribution in [0.3, 0.4) is 0 Å². The largest absolute Gasteiger partial charge is 0.469 e. The molecule has 0 aliphatic carbocycles. The quantitative estimate of drug-likeness (QED) is 0.818. The molecule has 1 aromatic carbocycles. The summed E-state index contributed by atoms with van der Waals surface area (Å²) in [5.41, 5.74) is 4.29. The van der Waals surface area contributed by atoms with Gasteiger partial charge in [0.15, 0.2) is 0 Å². The number of carbonyl (C=O) groups is 2. The maximum Gasteiger partial charge on any atom is 0.307 e. The topological polar surface area (TPSA) is 87.3 Å². The normalized spacial score (nSPS) is 18.6. The molecule has 7 heteroatoms. The van der Waals surface area contributed by atoms with E-state index in [1.54, 1.807) is 0 Å². The number of carbonyl (C=O) groups excluding carboxylic acids is 2. The number of rotatable bonds is 4. The molecule has 128 valence electrons. The highest BCUT2D eigenvalue weighted by molar-refractivity contribution is 5.87. The van der Waals surface area contributed by atoms with Crippen molar-refractivity contribution in [2.24, 2.45) is 0 Å². The smallest absolute Gasteiger partial charge is 0.307 e. The fraction of sp³-hybridized carbons (Fsp3) is 0.471. The number of nitrogens with zero attached hydrogens (tertiary/aromatic N) is 2. The van der Waals surface area contributed by atoms with Gasteiger partial charge in [-0.3, -0.25) is 14.5 Å². The standard InChI is InChI=1S/C17H22N4O3/c1-10-4-5-12-16(11(10)2)20-14(19-12)9-21-7-6-18-17(23)13(21)8-15(22)24-3/h4-5,13H,6-9H2,1-3H3,(H,18,23)(H,19,20)/t13-/m1/s1. The number of fused-ring (bicyclic) bond motifs is 1. The Morgan fingerprint density at radius 3 is 2.96 bits per heavy atom. The van der Waals surface area contributed by atoms with E-state index in [2.05, 4.69) is 35.2 Å². The third-order valence-corrected chi connectivity index (χ3v) is 4.61. The van der Waals surface area contributed by atoms with Gasteiger partial charge in [-0.05, 0) is 31.0 Å². The third kappa shape index (κ3) is 3.12. The summed E-state index contributed by atoms with van der Waals surface area (Å²) in [4.78, 5) is 33.7. The van der Waals surface area contributed by atoms with Crippen LogP contribution in [0.25, 0.3) is 11.0 Å². The number of hydrogen-bond donors (Lipinski definition) is 2. The van der Waals surface area contributed by atoms with Crippen LogP contribution in [0.15, 0.2) is 12.1 Å². The van der Waals surface area contributed by atoms with Crippen molar-refractivity contribution in [1.29, 1.82) is 0 Å². The Morgan fingerprint density at radius 1 is 1.42 bits per heavy atom. The zero-order valence-corrected chi connectivity index (χ0v) is 14.2. The predicted molar refractivity (Wildman–Crippen MR) is 89.4 cm³/mol. The molecule has 0 spiro atoms. The summed E-state index contributed by atoms with van der Waals surface area (Å²) in [7, 11) is 1.33. The minimum Gasteiger partial charge on any atom is -0.469 e. The molecular weight excluding hydrogens is 308 g/mol. The summed E-state index contributed by atoms with van der Waals surface area (Å²) >= 11 is 0. The van der Waals surface area contributed by atoms with Crippen LogP contribution in [0.4, 0.5) is 0 Å². The maximum atomic E-state index is 12.1. The highest BCUT2D eigenvalue weighted by Crippen LogP contribution is 2.21. The Kier molecular flexibility index (Phi) is 4.53. The molecule has 0 bridgehead atoms. The Balaban J connectivity index is 1.83. The molecule has 3 rings (SSSR count). The van der Waals surface area contributed by atoms with Gasteiger partial charge in [0.05, 0.1) is 31.1 Å². The number of aryl methyl sites for hydroxylation is 2. The summed E-state index contributed by atoms with van der Waals surface area (Å²) < 4.78 is 4.71. The molecule has 1 aliphatic heterocycles. The van der Waals surface area contributed by atoms with Crippen molar-refractivity contribution in [3.05, 3.63) is 29.1 Å². The van der Waals surface area contributed by atoms with E-state index in [9.17, 15) is 9.59 Å². The fourth-order valence-electron chi connectivity index (χ4n) is 3.05. The van der Waals surface area contributed by atoms with Crippen molar-refractivity contribution in [3.8, 4) is 0 Å². The molecule has 2 N–H and O–H groups in total. The van der Waals surface area contributed by atoms with Gasteiger partial charge in [0, 0.05) is 13.1 Å². The van der Waals surface area contributed by atoms with Crippen molar-refractivity contribution in [1.82, 2.24) is 20.2 Å². The van der Waals surface area contributed by atoms with E-state index in [1.165, 1.54) is 12.7 Å². The Hall–Kier alpha value is -2.41. The molecule has 24 heavy (non-hydrogen) atoms. The highest BCUT2D eigenvalue weighted by atomic mass is 16.5. The number of nitrogens with one attached hydrogen (secondary N) is 2. The Morgan fingerprint density at radius 2 is 2.21 bits per heavy atom. The number of aromatic nitrogens is 2. The molecule has 2 aromatic rings. The van der Waals surface area contributed by atoms with Crippen molar-refractivity contribution in [2.75, 3.05) is 20.2 Å². The lowest BCUT2D eigenvalue weighted by Gasteiger charge is -2.33. The van der Waals surface area contributed by atoms with Crippen molar-refractivity contribution < 1.29 is 14.3 Å².